The maximum atomic E-state index is 11.3. The van der Waals surface area contributed by atoms with E-state index in [0.717, 1.165) is 27.8 Å². The van der Waals surface area contributed by atoms with Crippen molar-refractivity contribution in [2.24, 2.45) is 0 Å². The van der Waals surface area contributed by atoms with Crippen molar-refractivity contribution in [2.75, 3.05) is 0 Å². The summed E-state index contributed by atoms with van der Waals surface area (Å²) in [6, 6.07) is 6.05. The van der Waals surface area contributed by atoms with E-state index in [2.05, 4.69) is 73.4 Å². The fourth-order valence-electron chi connectivity index (χ4n) is 3.51. The fourth-order valence-corrected chi connectivity index (χ4v) is 4.46. The Morgan fingerprint density at radius 1 is 0.778 bits per heavy atom. The second-order valence-corrected chi connectivity index (χ2v) is 12.4. The van der Waals surface area contributed by atoms with Gasteiger partial charge in [-0.2, -0.15) is 0 Å². The molecule has 0 spiro atoms. The van der Waals surface area contributed by atoms with Crippen molar-refractivity contribution in [3.63, 3.8) is 0 Å². The molecule has 0 saturated carbocycles. The van der Waals surface area contributed by atoms with E-state index in [9.17, 15) is 10.2 Å². The van der Waals surface area contributed by atoms with E-state index in [1.54, 1.807) is 0 Å². The van der Waals surface area contributed by atoms with E-state index in [1.807, 2.05) is 32.0 Å². The molecule has 0 atom stereocenters. The van der Waals surface area contributed by atoms with E-state index in [0.29, 0.717) is 11.1 Å². The lowest BCUT2D eigenvalue weighted by Gasteiger charge is -2.28. The van der Waals surface area contributed by atoms with Gasteiger partial charge < -0.3 is 10.2 Å². The van der Waals surface area contributed by atoms with Crippen LogP contribution in [0.15, 0.2) is 18.2 Å². The SMILES string of the molecule is Cc1ccc(C(C)(C)C)c(O)c1-c1c(C)c(C(Br)Br)cc(C(C)(C)C)c1O. The molecule has 0 aliphatic heterocycles. The first kappa shape index (κ1) is 22.3. The predicted octanol–water partition coefficient (Wildman–Crippen LogP) is 7.77. The molecular weight excluding hydrogens is 468 g/mol. The second kappa shape index (κ2) is 7.44. The lowest BCUT2D eigenvalue weighted by molar-refractivity contribution is 0.440. The standard InChI is InChI=1S/C23H30Br2O2/c1-12-9-10-15(22(3,4)5)19(26)17(12)18-13(2)14(21(24)25)11-16(20(18)27)23(6,7)8/h9-11,21,26-27H,1-8H3. The molecule has 0 fully saturated rings. The quantitative estimate of drug-likeness (QED) is 0.416. The van der Waals surface area contributed by atoms with Crippen LogP contribution in [0.1, 0.15) is 73.1 Å². The maximum Gasteiger partial charge on any atom is 0.127 e. The van der Waals surface area contributed by atoms with Gasteiger partial charge in [-0.15, -0.1) is 0 Å². The van der Waals surface area contributed by atoms with Gasteiger partial charge in [-0.1, -0.05) is 85.5 Å². The van der Waals surface area contributed by atoms with E-state index in [4.69, 9.17) is 0 Å². The highest BCUT2D eigenvalue weighted by atomic mass is 79.9. The van der Waals surface area contributed by atoms with Gasteiger partial charge in [0.15, 0.2) is 0 Å². The van der Waals surface area contributed by atoms with Crippen molar-refractivity contribution >= 4 is 31.9 Å². The summed E-state index contributed by atoms with van der Waals surface area (Å²) < 4.78 is -0.0429. The number of hydrogen-bond donors (Lipinski definition) is 2. The van der Waals surface area contributed by atoms with Crippen LogP contribution in [-0.2, 0) is 10.8 Å². The van der Waals surface area contributed by atoms with Crippen molar-refractivity contribution in [1.82, 2.24) is 0 Å². The Balaban J connectivity index is 3.02. The minimum Gasteiger partial charge on any atom is -0.507 e. The smallest absolute Gasteiger partial charge is 0.127 e. The Morgan fingerprint density at radius 3 is 1.70 bits per heavy atom. The number of halogens is 2. The average molecular weight is 498 g/mol. The Hall–Kier alpha value is -1.00. The highest BCUT2D eigenvalue weighted by Gasteiger charge is 2.29. The van der Waals surface area contributed by atoms with Crippen LogP contribution < -0.4 is 0 Å². The number of alkyl halides is 2. The lowest BCUT2D eigenvalue weighted by atomic mass is 9.78. The number of phenolic OH excluding ortho intramolecular Hbond substituents is 2. The topological polar surface area (TPSA) is 40.5 Å². The predicted molar refractivity (Wildman–Crippen MR) is 123 cm³/mol. The monoisotopic (exact) mass is 496 g/mol. The van der Waals surface area contributed by atoms with Crippen molar-refractivity contribution < 1.29 is 10.2 Å². The van der Waals surface area contributed by atoms with E-state index < -0.39 is 0 Å². The molecule has 27 heavy (non-hydrogen) atoms. The van der Waals surface area contributed by atoms with Gasteiger partial charge in [-0.25, -0.2) is 0 Å². The molecule has 0 bridgehead atoms. The van der Waals surface area contributed by atoms with Gasteiger partial charge in [0.2, 0.25) is 0 Å². The summed E-state index contributed by atoms with van der Waals surface area (Å²) in [5.74, 6) is 0.493. The molecule has 2 nitrogen and oxygen atoms in total. The van der Waals surface area contributed by atoms with Crippen molar-refractivity contribution in [3.05, 3.63) is 46.0 Å². The average Bonchev–Trinajstić information content (AvgIpc) is 2.47. The summed E-state index contributed by atoms with van der Waals surface area (Å²) in [6.45, 7) is 16.5. The molecule has 0 aliphatic carbocycles. The Labute approximate surface area is 180 Å². The molecule has 148 valence electrons. The number of hydrogen-bond acceptors (Lipinski definition) is 2. The minimum absolute atomic E-state index is 0.0429. The van der Waals surface area contributed by atoms with E-state index >= 15 is 0 Å². The molecule has 0 unspecified atom stereocenters. The van der Waals surface area contributed by atoms with Gasteiger partial charge in [0.25, 0.3) is 0 Å². The van der Waals surface area contributed by atoms with Crippen molar-refractivity contribution in [1.29, 1.82) is 0 Å². The second-order valence-electron chi connectivity index (χ2n) is 9.32. The van der Waals surface area contributed by atoms with Crippen molar-refractivity contribution in [3.8, 4) is 22.6 Å². The van der Waals surface area contributed by atoms with E-state index in [1.165, 1.54) is 0 Å². The first-order chi connectivity index (χ1) is 12.2. The van der Waals surface area contributed by atoms with Crippen LogP contribution in [-0.4, -0.2) is 10.2 Å². The highest BCUT2D eigenvalue weighted by Crippen LogP contribution is 2.50. The van der Waals surface area contributed by atoms with Crippen LogP contribution in [0.4, 0.5) is 0 Å². The van der Waals surface area contributed by atoms with Gasteiger partial charge >= 0.3 is 0 Å². The highest BCUT2D eigenvalue weighted by molar-refractivity contribution is 9.24. The zero-order chi connectivity index (χ0) is 20.9. The third-order valence-corrected chi connectivity index (χ3v) is 6.07. The van der Waals surface area contributed by atoms with E-state index in [-0.39, 0.29) is 26.1 Å². The molecule has 0 radical (unpaired) electrons. The number of rotatable bonds is 2. The molecule has 2 N–H and O–H groups in total. The van der Waals surface area contributed by atoms with Crippen LogP contribution in [0.5, 0.6) is 11.5 Å². The zero-order valence-electron chi connectivity index (χ0n) is 17.5. The Morgan fingerprint density at radius 2 is 1.26 bits per heavy atom. The summed E-state index contributed by atoms with van der Waals surface area (Å²) in [5.41, 5.74) is 5.66. The Kier molecular flexibility index (Phi) is 6.14. The first-order valence-corrected chi connectivity index (χ1v) is 11.0. The zero-order valence-corrected chi connectivity index (χ0v) is 20.6. The van der Waals surface area contributed by atoms with Crippen molar-refractivity contribution in [2.45, 2.75) is 70.0 Å². The van der Waals surface area contributed by atoms with Gasteiger partial charge in [-0.05, 0) is 53.0 Å². The molecule has 2 aromatic carbocycles. The number of phenols is 2. The number of aryl methyl sites for hydroxylation is 1. The first-order valence-electron chi connectivity index (χ1n) is 9.16. The maximum absolute atomic E-state index is 11.3. The fraction of sp³-hybridized carbons (Fsp3) is 0.478. The molecular formula is C23H30Br2O2. The number of benzene rings is 2. The largest absolute Gasteiger partial charge is 0.507 e. The summed E-state index contributed by atoms with van der Waals surface area (Å²) >= 11 is 7.24. The summed E-state index contributed by atoms with van der Waals surface area (Å²) in [6.07, 6.45) is 0. The Bertz CT molecular complexity index is 870. The summed E-state index contributed by atoms with van der Waals surface area (Å²) in [7, 11) is 0. The van der Waals surface area contributed by atoms with Crippen LogP contribution in [0, 0.1) is 13.8 Å². The third kappa shape index (κ3) is 4.22. The van der Waals surface area contributed by atoms with Crippen LogP contribution in [0.25, 0.3) is 11.1 Å². The molecule has 2 rings (SSSR count). The van der Waals surface area contributed by atoms with Gasteiger partial charge in [0, 0.05) is 16.7 Å². The summed E-state index contributed by atoms with van der Waals surface area (Å²) in [5, 5.41) is 22.5. The van der Waals surface area contributed by atoms with Gasteiger partial charge in [-0.3, -0.25) is 0 Å². The molecule has 2 aromatic rings. The lowest BCUT2D eigenvalue weighted by Crippen LogP contribution is -2.14. The minimum atomic E-state index is -0.235. The molecule has 0 aromatic heterocycles. The third-order valence-electron chi connectivity index (χ3n) is 5.09. The molecule has 0 aliphatic rings. The van der Waals surface area contributed by atoms with Gasteiger partial charge in [0.1, 0.15) is 11.5 Å². The normalized spacial score (nSPS) is 12.7. The van der Waals surface area contributed by atoms with Crippen LogP contribution in [0.2, 0.25) is 0 Å². The molecule has 0 amide bonds. The molecule has 4 heteroatoms. The molecule has 0 heterocycles. The van der Waals surface area contributed by atoms with Crippen LogP contribution in [0.3, 0.4) is 0 Å². The number of aromatic hydroxyl groups is 2. The summed E-state index contributed by atoms with van der Waals surface area (Å²) in [4.78, 5) is 0. The molecule has 0 saturated heterocycles. The van der Waals surface area contributed by atoms with Gasteiger partial charge in [0.05, 0.1) is 3.74 Å². The van der Waals surface area contributed by atoms with Crippen LogP contribution >= 0.6 is 31.9 Å².